The van der Waals surface area contributed by atoms with Gasteiger partial charge in [0, 0.05) is 40.3 Å². The van der Waals surface area contributed by atoms with Crippen LogP contribution in [-0.4, -0.2) is 15.0 Å². The number of pyridine rings is 3. The molecule has 0 saturated heterocycles. The lowest BCUT2D eigenvalue weighted by Crippen LogP contribution is -1.85. The monoisotopic (exact) mass is 277 g/mol. The molecule has 0 spiro atoms. The van der Waals surface area contributed by atoms with Crippen molar-refractivity contribution in [1.29, 1.82) is 0 Å². The molecule has 0 unspecified atom stereocenters. The van der Waals surface area contributed by atoms with Gasteiger partial charge in [0.1, 0.15) is 5.69 Å². The lowest BCUT2D eigenvalue weighted by Gasteiger charge is -2.00. The highest BCUT2D eigenvalue weighted by atomic mass is 32.1. The Kier molecular flexibility index (Phi) is 2.50. The Balaban J connectivity index is 2.14. The van der Waals surface area contributed by atoms with Crippen molar-refractivity contribution in [3.05, 3.63) is 54.6 Å². The number of hydrogen-bond acceptors (Lipinski definition) is 4. The van der Waals surface area contributed by atoms with Crippen LogP contribution in [-0.2, 0) is 0 Å². The molecule has 20 heavy (non-hydrogen) atoms. The smallest absolute Gasteiger partial charge is 0.106 e. The predicted octanol–water partition coefficient (Wildman–Crippen LogP) is 4.21. The van der Waals surface area contributed by atoms with E-state index in [1.165, 1.54) is 25.7 Å². The maximum Gasteiger partial charge on any atom is 0.106 e. The molecule has 0 N–H and O–H groups in total. The van der Waals surface area contributed by atoms with Crippen molar-refractivity contribution in [2.45, 2.75) is 6.92 Å². The Morgan fingerprint density at radius 1 is 0.900 bits per heavy atom. The molecule has 0 amide bonds. The standard InChI is InChI=1S/C16H11N3S/c1-10-8-17-9-12-11-5-7-19-14(16(11)20-15(10)12)13-4-2-3-6-18-13/h2-9H,1H3. The van der Waals surface area contributed by atoms with Crippen molar-refractivity contribution in [1.82, 2.24) is 15.0 Å². The summed E-state index contributed by atoms with van der Waals surface area (Å²) in [6.07, 6.45) is 7.49. The first-order valence-corrected chi connectivity index (χ1v) is 7.19. The summed E-state index contributed by atoms with van der Waals surface area (Å²) in [4.78, 5) is 13.3. The van der Waals surface area contributed by atoms with E-state index in [9.17, 15) is 0 Å². The maximum atomic E-state index is 4.53. The zero-order valence-electron chi connectivity index (χ0n) is 10.9. The molecule has 3 nitrogen and oxygen atoms in total. The van der Waals surface area contributed by atoms with Gasteiger partial charge in [0.2, 0.25) is 0 Å². The van der Waals surface area contributed by atoms with Crippen LogP contribution in [0.15, 0.2) is 49.1 Å². The minimum Gasteiger partial charge on any atom is -0.264 e. The molecule has 0 radical (unpaired) electrons. The molecule has 0 bridgehead atoms. The molecular weight excluding hydrogens is 266 g/mol. The average Bonchev–Trinajstić information content (AvgIpc) is 2.88. The molecule has 4 heteroatoms. The Labute approximate surface area is 120 Å². The van der Waals surface area contributed by atoms with Crippen LogP contribution in [0, 0.1) is 6.92 Å². The summed E-state index contributed by atoms with van der Waals surface area (Å²) < 4.78 is 2.46. The topological polar surface area (TPSA) is 38.7 Å². The summed E-state index contributed by atoms with van der Waals surface area (Å²) in [5, 5.41) is 2.40. The Morgan fingerprint density at radius 3 is 2.70 bits per heavy atom. The number of hydrogen-bond donors (Lipinski definition) is 0. The number of fused-ring (bicyclic) bond motifs is 3. The molecule has 0 saturated carbocycles. The van der Waals surface area contributed by atoms with Crippen molar-refractivity contribution in [3.63, 3.8) is 0 Å². The summed E-state index contributed by atoms with van der Waals surface area (Å²) in [5.41, 5.74) is 3.06. The molecule has 4 heterocycles. The van der Waals surface area contributed by atoms with Crippen LogP contribution < -0.4 is 0 Å². The maximum absolute atomic E-state index is 4.53. The van der Waals surface area contributed by atoms with Gasteiger partial charge in [-0.25, -0.2) is 0 Å². The first-order chi connectivity index (χ1) is 9.84. The van der Waals surface area contributed by atoms with E-state index < -0.39 is 0 Å². The zero-order valence-corrected chi connectivity index (χ0v) is 11.7. The Morgan fingerprint density at radius 2 is 1.85 bits per heavy atom. The molecule has 0 fully saturated rings. The minimum absolute atomic E-state index is 0.912. The van der Waals surface area contributed by atoms with Gasteiger partial charge < -0.3 is 0 Å². The molecule has 4 rings (SSSR count). The summed E-state index contributed by atoms with van der Waals surface area (Å²) in [7, 11) is 0. The second-order valence-corrected chi connectivity index (χ2v) is 5.71. The van der Waals surface area contributed by atoms with E-state index in [1.54, 1.807) is 17.5 Å². The van der Waals surface area contributed by atoms with Crippen molar-refractivity contribution >= 4 is 31.5 Å². The van der Waals surface area contributed by atoms with Gasteiger partial charge in [-0.2, -0.15) is 0 Å². The van der Waals surface area contributed by atoms with E-state index in [1.807, 2.05) is 36.8 Å². The third-order valence-electron chi connectivity index (χ3n) is 3.38. The van der Waals surface area contributed by atoms with Gasteiger partial charge in [-0.15, -0.1) is 11.3 Å². The summed E-state index contributed by atoms with van der Waals surface area (Å²) >= 11 is 1.77. The largest absolute Gasteiger partial charge is 0.264 e. The molecule has 0 aliphatic carbocycles. The van der Waals surface area contributed by atoms with Crippen LogP contribution >= 0.6 is 11.3 Å². The third kappa shape index (κ3) is 1.62. The molecule has 0 atom stereocenters. The SMILES string of the molecule is Cc1cncc2c1sc1c(-c3ccccn3)nccc12. The van der Waals surface area contributed by atoms with Crippen LogP contribution in [0.5, 0.6) is 0 Å². The second-order valence-electron chi connectivity index (χ2n) is 4.69. The molecule has 96 valence electrons. The summed E-state index contributed by atoms with van der Waals surface area (Å²) in [6, 6.07) is 7.96. The van der Waals surface area contributed by atoms with Gasteiger partial charge >= 0.3 is 0 Å². The number of thiophene rings is 1. The lowest BCUT2D eigenvalue weighted by atomic mass is 10.1. The quantitative estimate of drug-likeness (QED) is 0.523. The number of aryl methyl sites for hydroxylation is 1. The van der Waals surface area contributed by atoms with Crippen molar-refractivity contribution in [2.75, 3.05) is 0 Å². The van der Waals surface area contributed by atoms with E-state index in [4.69, 9.17) is 0 Å². The molecular formula is C16H11N3S. The van der Waals surface area contributed by atoms with Crippen LogP contribution in [0.3, 0.4) is 0 Å². The van der Waals surface area contributed by atoms with Crippen LogP contribution in [0.4, 0.5) is 0 Å². The van der Waals surface area contributed by atoms with E-state index in [2.05, 4.69) is 27.9 Å². The van der Waals surface area contributed by atoms with Gasteiger partial charge in [0.15, 0.2) is 0 Å². The normalized spacial score (nSPS) is 11.2. The molecule has 0 aliphatic heterocycles. The van der Waals surface area contributed by atoms with E-state index in [0.717, 1.165) is 11.4 Å². The lowest BCUT2D eigenvalue weighted by molar-refractivity contribution is 1.27. The van der Waals surface area contributed by atoms with Crippen molar-refractivity contribution < 1.29 is 0 Å². The van der Waals surface area contributed by atoms with Crippen LogP contribution in [0.25, 0.3) is 31.6 Å². The van der Waals surface area contributed by atoms with Crippen molar-refractivity contribution in [2.24, 2.45) is 0 Å². The highest BCUT2D eigenvalue weighted by Gasteiger charge is 2.13. The summed E-state index contributed by atoms with van der Waals surface area (Å²) in [5.74, 6) is 0. The van der Waals surface area contributed by atoms with E-state index in [0.29, 0.717) is 0 Å². The van der Waals surface area contributed by atoms with E-state index >= 15 is 0 Å². The Hall–Kier alpha value is -2.33. The highest BCUT2D eigenvalue weighted by Crippen LogP contribution is 2.38. The van der Waals surface area contributed by atoms with Crippen molar-refractivity contribution in [3.8, 4) is 11.4 Å². The van der Waals surface area contributed by atoms with Gasteiger partial charge in [0.05, 0.1) is 10.4 Å². The van der Waals surface area contributed by atoms with Crippen LogP contribution in [0.1, 0.15) is 5.56 Å². The predicted molar refractivity (Wildman–Crippen MR) is 82.9 cm³/mol. The summed E-state index contributed by atoms with van der Waals surface area (Å²) in [6.45, 7) is 2.10. The van der Waals surface area contributed by atoms with Crippen LogP contribution in [0.2, 0.25) is 0 Å². The number of nitrogens with zero attached hydrogens (tertiary/aromatic N) is 3. The minimum atomic E-state index is 0.912. The molecule has 0 aliphatic rings. The first kappa shape index (κ1) is 11.5. The molecule has 4 aromatic heterocycles. The fourth-order valence-corrected chi connectivity index (χ4v) is 3.66. The fraction of sp³-hybridized carbons (Fsp3) is 0.0625. The first-order valence-electron chi connectivity index (χ1n) is 6.38. The third-order valence-corrected chi connectivity index (χ3v) is 4.74. The number of aromatic nitrogens is 3. The molecule has 0 aromatic carbocycles. The highest BCUT2D eigenvalue weighted by molar-refractivity contribution is 7.26. The number of rotatable bonds is 1. The van der Waals surface area contributed by atoms with Gasteiger partial charge in [-0.1, -0.05) is 6.07 Å². The Bertz CT molecular complexity index is 913. The van der Waals surface area contributed by atoms with E-state index in [-0.39, 0.29) is 0 Å². The average molecular weight is 277 g/mol. The van der Waals surface area contributed by atoms with Gasteiger partial charge in [-0.3, -0.25) is 15.0 Å². The second kappa shape index (κ2) is 4.35. The zero-order chi connectivity index (χ0) is 13.5. The molecule has 4 aromatic rings. The fourth-order valence-electron chi connectivity index (χ4n) is 2.43. The van der Waals surface area contributed by atoms with Gasteiger partial charge in [0.25, 0.3) is 0 Å². The van der Waals surface area contributed by atoms with Gasteiger partial charge in [-0.05, 0) is 30.7 Å².